The lowest BCUT2D eigenvalue weighted by molar-refractivity contribution is -0.0644. The number of hydrogen-bond acceptors (Lipinski definition) is 5. The predicted molar refractivity (Wildman–Crippen MR) is 87.5 cm³/mol. The van der Waals surface area contributed by atoms with E-state index in [1.54, 1.807) is 24.3 Å². The molecule has 3 rings (SSSR count). The van der Waals surface area contributed by atoms with E-state index in [1.165, 1.54) is 0 Å². The molecule has 0 unspecified atom stereocenters. The van der Waals surface area contributed by atoms with E-state index in [-0.39, 0.29) is 13.2 Å². The molecule has 0 amide bonds. The quantitative estimate of drug-likeness (QED) is 0.824. The fourth-order valence-electron chi connectivity index (χ4n) is 2.60. The summed E-state index contributed by atoms with van der Waals surface area (Å²) >= 11 is 0. The molecule has 0 bridgehead atoms. The van der Waals surface area contributed by atoms with Crippen LogP contribution in [0.5, 0.6) is 0 Å². The molecular formula is C19H20O5. The van der Waals surface area contributed by atoms with Crippen LogP contribution in [0.4, 0.5) is 0 Å². The van der Waals surface area contributed by atoms with E-state index in [9.17, 15) is 9.90 Å². The van der Waals surface area contributed by atoms with Crippen LogP contribution in [0.3, 0.4) is 0 Å². The average Bonchev–Trinajstić information content (AvgIpc) is 2.99. The summed E-state index contributed by atoms with van der Waals surface area (Å²) in [6.45, 7) is 0.590. The molecule has 1 aliphatic heterocycles. The molecule has 0 aliphatic carbocycles. The third kappa shape index (κ3) is 4.20. The molecule has 3 atom stereocenters. The zero-order chi connectivity index (χ0) is 16.8. The van der Waals surface area contributed by atoms with Crippen LogP contribution >= 0.6 is 0 Å². The molecule has 126 valence electrons. The van der Waals surface area contributed by atoms with Gasteiger partial charge >= 0.3 is 5.97 Å². The van der Waals surface area contributed by atoms with Crippen LogP contribution in [0.25, 0.3) is 0 Å². The lowest BCUT2D eigenvalue weighted by Crippen LogP contribution is -2.36. The normalized spacial score (nSPS) is 23.1. The van der Waals surface area contributed by atoms with Crippen molar-refractivity contribution in [2.45, 2.75) is 24.9 Å². The Kier molecular flexibility index (Phi) is 5.59. The number of aliphatic hydroxyl groups is 1. The number of aliphatic hydroxyl groups excluding tert-OH is 1. The first kappa shape index (κ1) is 16.6. The molecule has 2 aromatic rings. The van der Waals surface area contributed by atoms with Gasteiger partial charge in [-0.25, -0.2) is 4.79 Å². The van der Waals surface area contributed by atoms with Gasteiger partial charge in [0.05, 0.1) is 18.8 Å². The molecule has 0 spiro atoms. The molecule has 5 heteroatoms. The van der Waals surface area contributed by atoms with Crippen molar-refractivity contribution in [2.75, 3.05) is 13.2 Å². The molecule has 1 saturated heterocycles. The highest BCUT2D eigenvalue weighted by molar-refractivity contribution is 5.89. The summed E-state index contributed by atoms with van der Waals surface area (Å²) in [6, 6.07) is 18.5. The van der Waals surface area contributed by atoms with Gasteiger partial charge in [0, 0.05) is 0 Å². The Bertz CT molecular complexity index is 643. The Morgan fingerprint density at radius 2 is 1.75 bits per heavy atom. The molecule has 1 fully saturated rings. The molecule has 5 nitrogen and oxygen atoms in total. The van der Waals surface area contributed by atoms with Crippen LogP contribution in [0.15, 0.2) is 60.7 Å². The molecule has 0 saturated carbocycles. The highest BCUT2D eigenvalue weighted by atomic mass is 16.6. The van der Waals surface area contributed by atoms with Crippen molar-refractivity contribution in [3.8, 4) is 0 Å². The number of esters is 1. The monoisotopic (exact) mass is 328 g/mol. The minimum Gasteiger partial charge on any atom is -0.459 e. The maximum absolute atomic E-state index is 12.0. The third-order valence-corrected chi connectivity index (χ3v) is 3.90. The molecule has 1 aliphatic rings. The lowest BCUT2D eigenvalue weighted by Gasteiger charge is -2.21. The van der Waals surface area contributed by atoms with Crippen molar-refractivity contribution >= 4 is 5.97 Å². The van der Waals surface area contributed by atoms with E-state index in [0.29, 0.717) is 12.2 Å². The minimum atomic E-state index is -0.728. The first-order valence-electron chi connectivity index (χ1n) is 7.91. The van der Waals surface area contributed by atoms with Crippen molar-refractivity contribution in [1.82, 2.24) is 0 Å². The number of rotatable bonds is 6. The van der Waals surface area contributed by atoms with Gasteiger partial charge in [-0.1, -0.05) is 48.5 Å². The van der Waals surface area contributed by atoms with Crippen LogP contribution < -0.4 is 0 Å². The highest BCUT2D eigenvalue weighted by Crippen LogP contribution is 2.20. The molecule has 2 aromatic carbocycles. The summed E-state index contributed by atoms with van der Waals surface area (Å²) in [5, 5.41) is 10.0. The van der Waals surface area contributed by atoms with E-state index < -0.39 is 24.3 Å². The Morgan fingerprint density at radius 3 is 2.46 bits per heavy atom. The second kappa shape index (κ2) is 8.06. The Balaban J connectivity index is 1.53. The van der Waals surface area contributed by atoms with Gasteiger partial charge in [0.25, 0.3) is 0 Å². The molecule has 1 heterocycles. The lowest BCUT2D eigenvalue weighted by atomic mass is 10.1. The van der Waals surface area contributed by atoms with Gasteiger partial charge in [-0.2, -0.15) is 0 Å². The van der Waals surface area contributed by atoms with E-state index in [4.69, 9.17) is 14.2 Å². The third-order valence-electron chi connectivity index (χ3n) is 3.90. The predicted octanol–water partition coefficient (Wildman–Crippen LogP) is 2.19. The van der Waals surface area contributed by atoms with E-state index in [0.717, 1.165) is 5.56 Å². The number of hydrogen-bond donors (Lipinski definition) is 1. The van der Waals surface area contributed by atoms with Crippen LogP contribution in [0, 0.1) is 0 Å². The van der Waals surface area contributed by atoms with Gasteiger partial charge in [0.1, 0.15) is 24.9 Å². The van der Waals surface area contributed by atoms with Crippen molar-refractivity contribution in [2.24, 2.45) is 0 Å². The van der Waals surface area contributed by atoms with Gasteiger partial charge in [-0.15, -0.1) is 0 Å². The summed E-state index contributed by atoms with van der Waals surface area (Å²) in [7, 11) is 0. The largest absolute Gasteiger partial charge is 0.459 e. The maximum atomic E-state index is 12.0. The summed E-state index contributed by atoms with van der Waals surface area (Å²) in [5.41, 5.74) is 1.49. The number of carbonyl (C=O) groups excluding carboxylic acids is 1. The maximum Gasteiger partial charge on any atom is 0.338 e. The molecular weight excluding hydrogens is 308 g/mol. The van der Waals surface area contributed by atoms with Crippen LogP contribution in [-0.4, -0.2) is 42.6 Å². The van der Waals surface area contributed by atoms with Crippen molar-refractivity contribution < 1.29 is 24.1 Å². The molecule has 1 N–H and O–H groups in total. The molecule has 0 aromatic heterocycles. The summed E-state index contributed by atoms with van der Waals surface area (Å²) in [4.78, 5) is 12.0. The van der Waals surface area contributed by atoms with E-state index in [1.807, 2.05) is 36.4 Å². The van der Waals surface area contributed by atoms with Crippen LogP contribution in [-0.2, 0) is 20.8 Å². The topological polar surface area (TPSA) is 65.0 Å². The second-order valence-electron chi connectivity index (χ2n) is 5.66. The number of ether oxygens (including phenoxy) is 3. The van der Waals surface area contributed by atoms with Gasteiger partial charge in [-0.05, 0) is 17.7 Å². The van der Waals surface area contributed by atoms with Crippen molar-refractivity contribution in [1.29, 1.82) is 0 Å². The highest BCUT2D eigenvalue weighted by Gasteiger charge is 2.38. The summed E-state index contributed by atoms with van der Waals surface area (Å²) < 4.78 is 16.6. The summed E-state index contributed by atoms with van der Waals surface area (Å²) in [6.07, 6.45) is -1.72. The SMILES string of the molecule is O=C(OC[C@H]1OC[C@H](O)[C@H]1OCc1ccccc1)c1ccccc1. The smallest absolute Gasteiger partial charge is 0.338 e. The zero-order valence-corrected chi connectivity index (χ0v) is 13.2. The molecule has 24 heavy (non-hydrogen) atoms. The standard InChI is InChI=1S/C19H20O5/c20-16-12-22-17(13-24-19(21)15-9-5-2-6-10-15)18(16)23-11-14-7-3-1-4-8-14/h1-10,16-18,20H,11-13H2/t16-,17+,18+/m0/s1. The van der Waals surface area contributed by atoms with E-state index >= 15 is 0 Å². The first-order chi connectivity index (χ1) is 11.7. The van der Waals surface area contributed by atoms with Gasteiger partial charge < -0.3 is 19.3 Å². The van der Waals surface area contributed by atoms with Gasteiger partial charge in [0.2, 0.25) is 0 Å². The fraction of sp³-hybridized carbons (Fsp3) is 0.316. The number of carbonyl (C=O) groups is 1. The average molecular weight is 328 g/mol. The second-order valence-corrected chi connectivity index (χ2v) is 5.66. The first-order valence-corrected chi connectivity index (χ1v) is 7.91. The number of benzene rings is 2. The summed E-state index contributed by atoms with van der Waals surface area (Å²) in [5.74, 6) is -0.414. The van der Waals surface area contributed by atoms with Crippen molar-refractivity contribution in [3.63, 3.8) is 0 Å². The Morgan fingerprint density at radius 1 is 1.08 bits per heavy atom. The zero-order valence-electron chi connectivity index (χ0n) is 13.2. The Hall–Kier alpha value is -2.21. The Labute approximate surface area is 140 Å². The van der Waals surface area contributed by atoms with Crippen LogP contribution in [0.1, 0.15) is 15.9 Å². The van der Waals surface area contributed by atoms with Gasteiger partial charge in [0.15, 0.2) is 0 Å². The fourth-order valence-corrected chi connectivity index (χ4v) is 2.60. The van der Waals surface area contributed by atoms with E-state index in [2.05, 4.69) is 0 Å². The molecule has 0 radical (unpaired) electrons. The van der Waals surface area contributed by atoms with Crippen LogP contribution in [0.2, 0.25) is 0 Å². The minimum absolute atomic E-state index is 0.0459. The van der Waals surface area contributed by atoms with Gasteiger partial charge in [-0.3, -0.25) is 0 Å². The van der Waals surface area contributed by atoms with Crippen molar-refractivity contribution in [3.05, 3.63) is 71.8 Å².